The van der Waals surface area contributed by atoms with Gasteiger partial charge in [0.25, 0.3) is 8.32 Å². The maximum absolute atomic E-state index is 11.3. The zero-order chi connectivity index (χ0) is 16.2. The summed E-state index contributed by atoms with van der Waals surface area (Å²) in [4.78, 5) is 11.3. The standard InChI is InChI=1S/C19H24O2Si/c1-16(15-20)21-22(19(2,3)4,17-11-7-5-8-12-17)18-13-9-6-10-14-18/h5-16H,1-4H3/t16-/m0/s1. The van der Waals surface area contributed by atoms with Crippen LogP contribution in [0.25, 0.3) is 0 Å². The lowest BCUT2D eigenvalue weighted by Crippen LogP contribution is -2.67. The maximum atomic E-state index is 11.3. The van der Waals surface area contributed by atoms with Crippen LogP contribution in [-0.2, 0) is 9.22 Å². The lowest BCUT2D eigenvalue weighted by atomic mass is 10.2. The van der Waals surface area contributed by atoms with E-state index in [2.05, 4.69) is 45.0 Å². The Morgan fingerprint density at radius 2 is 1.32 bits per heavy atom. The van der Waals surface area contributed by atoms with Crippen LogP contribution < -0.4 is 10.4 Å². The van der Waals surface area contributed by atoms with Gasteiger partial charge in [0.2, 0.25) is 0 Å². The molecule has 0 saturated heterocycles. The van der Waals surface area contributed by atoms with Crippen LogP contribution in [0.5, 0.6) is 0 Å². The van der Waals surface area contributed by atoms with E-state index in [0.29, 0.717) is 0 Å². The molecule has 2 aromatic carbocycles. The molecule has 0 amide bonds. The summed E-state index contributed by atoms with van der Waals surface area (Å²) in [5, 5.41) is 2.30. The highest BCUT2D eigenvalue weighted by molar-refractivity contribution is 6.99. The Morgan fingerprint density at radius 3 is 1.64 bits per heavy atom. The second-order valence-corrected chi connectivity index (χ2v) is 10.9. The first-order chi connectivity index (χ1) is 10.4. The van der Waals surface area contributed by atoms with Crippen LogP contribution in [0.2, 0.25) is 5.04 Å². The summed E-state index contributed by atoms with van der Waals surface area (Å²) >= 11 is 0. The van der Waals surface area contributed by atoms with Gasteiger partial charge in [0.05, 0.1) is 6.10 Å². The summed E-state index contributed by atoms with van der Waals surface area (Å²) in [6.07, 6.45) is 0.464. The fourth-order valence-electron chi connectivity index (χ4n) is 3.00. The molecule has 2 nitrogen and oxygen atoms in total. The molecule has 116 valence electrons. The highest BCUT2D eigenvalue weighted by Gasteiger charge is 2.50. The molecule has 0 aliphatic carbocycles. The summed E-state index contributed by atoms with van der Waals surface area (Å²) in [6, 6.07) is 20.7. The van der Waals surface area contributed by atoms with Gasteiger partial charge >= 0.3 is 0 Å². The Morgan fingerprint density at radius 1 is 0.909 bits per heavy atom. The van der Waals surface area contributed by atoms with Crippen LogP contribution in [0.15, 0.2) is 60.7 Å². The van der Waals surface area contributed by atoms with Crippen molar-refractivity contribution in [3.8, 4) is 0 Å². The molecule has 3 heteroatoms. The fourth-order valence-corrected chi connectivity index (χ4v) is 7.63. The molecule has 2 rings (SSSR count). The molecule has 0 spiro atoms. The van der Waals surface area contributed by atoms with Crippen LogP contribution in [0, 0.1) is 0 Å². The molecule has 0 radical (unpaired) electrons. The lowest BCUT2D eigenvalue weighted by Gasteiger charge is -2.43. The number of rotatable bonds is 5. The molecule has 0 aromatic heterocycles. The van der Waals surface area contributed by atoms with Crippen molar-refractivity contribution >= 4 is 25.0 Å². The second-order valence-electron chi connectivity index (χ2n) is 6.62. The number of benzene rings is 2. The van der Waals surface area contributed by atoms with Gasteiger partial charge in [0.15, 0.2) is 0 Å². The summed E-state index contributed by atoms with van der Waals surface area (Å²) in [5.74, 6) is 0. The second kappa shape index (κ2) is 6.59. The normalized spacial score (nSPS) is 13.6. The van der Waals surface area contributed by atoms with E-state index in [1.54, 1.807) is 0 Å². The van der Waals surface area contributed by atoms with E-state index in [9.17, 15) is 4.79 Å². The zero-order valence-electron chi connectivity index (χ0n) is 13.7. The quantitative estimate of drug-likeness (QED) is 0.626. The van der Waals surface area contributed by atoms with Gasteiger partial charge in [0.1, 0.15) is 6.29 Å². The Bertz CT molecular complexity index is 563. The Labute approximate surface area is 134 Å². The smallest absolute Gasteiger partial charge is 0.262 e. The number of carbonyl (C=O) groups excluding carboxylic acids is 1. The number of hydrogen-bond donors (Lipinski definition) is 0. The molecule has 0 N–H and O–H groups in total. The van der Waals surface area contributed by atoms with E-state index >= 15 is 0 Å². The molecule has 0 fully saturated rings. The van der Waals surface area contributed by atoms with Gasteiger partial charge in [-0.05, 0) is 22.3 Å². The minimum Gasteiger partial charge on any atom is -0.398 e. The average Bonchev–Trinajstić information content (AvgIpc) is 2.52. The largest absolute Gasteiger partial charge is 0.398 e. The van der Waals surface area contributed by atoms with Gasteiger partial charge in [0, 0.05) is 0 Å². The van der Waals surface area contributed by atoms with Crippen LogP contribution in [0.3, 0.4) is 0 Å². The predicted molar refractivity (Wildman–Crippen MR) is 94.2 cm³/mol. The van der Waals surface area contributed by atoms with Gasteiger partial charge in [-0.25, -0.2) is 0 Å². The van der Waals surface area contributed by atoms with Crippen molar-refractivity contribution in [2.45, 2.75) is 38.8 Å². The van der Waals surface area contributed by atoms with E-state index < -0.39 is 14.4 Å². The van der Waals surface area contributed by atoms with Crippen molar-refractivity contribution in [2.75, 3.05) is 0 Å². The van der Waals surface area contributed by atoms with Gasteiger partial charge in [-0.1, -0.05) is 81.4 Å². The van der Waals surface area contributed by atoms with E-state index in [1.807, 2.05) is 43.3 Å². The molecule has 0 unspecified atom stereocenters. The topological polar surface area (TPSA) is 26.3 Å². The summed E-state index contributed by atoms with van der Waals surface area (Å²) in [7, 11) is -2.56. The Balaban J connectivity index is 2.72. The first kappa shape index (κ1) is 16.7. The molecular formula is C19H24O2Si. The first-order valence-corrected chi connectivity index (χ1v) is 9.57. The molecule has 0 aliphatic rings. The van der Waals surface area contributed by atoms with Crippen molar-refractivity contribution in [3.05, 3.63) is 60.7 Å². The van der Waals surface area contributed by atoms with Crippen molar-refractivity contribution < 1.29 is 9.22 Å². The molecule has 0 aliphatic heterocycles. The minimum absolute atomic E-state index is 0.0903. The molecule has 22 heavy (non-hydrogen) atoms. The molecule has 0 saturated carbocycles. The van der Waals surface area contributed by atoms with Crippen molar-refractivity contribution in [2.24, 2.45) is 0 Å². The van der Waals surface area contributed by atoms with E-state index in [0.717, 1.165) is 6.29 Å². The van der Waals surface area contributed by atoms with Crippen LogP contribution in [0.4, 0.5) is 0 Å². The van der Waals surface area contributed by atoms with Crippen molar-refractivity contribution in [3.63, 3.8) is 0 Å². The average molecular weight is 312 g/mol. The zero-order valence-corrected chi connectivity index (χ0v) is 14.7. The molecule has 0 bridgehead atoms. The summed E-state index contributed by atoms with van der Waals surface area (Å²) < 4.78 is 6.49. The predicted octanol–water partition coefficient (Wildman–Crippen LogP) is 3.15. The van der Waals surface area contributed by atoms with Gasteiger partial charge < -0.3 is 9.22 Å². The van der Waals surface area contributed by atoms with Gasteiger partial charge in [-0.15, -0.1) is 0 Å². The molecule has 2 aromatic rings. The highest BCUT2D eigenvalue weighted by Crippen LogP contribution is 2.37. The van der Waals surface area contributed by atoms with Crippen LogP contribution in [0.1, 0.15) is 27.7 Å². The molecule has 0 heterocycles. The summed E-state index contributed by atoms with van der Waals surface area (Å²) in [5.41, 5.74) is 0. The van der Waals surface area contributed by atoms with E-state index in [4.69, 9.17) is 4.43 Å². The third kappa shape index (κ3) is 3.06. The first-order valence-electron chi connectivity index (χ1n) is 7.66. The molecular weight excluding hydrogens is 288 g/mol. The summed E-state index contributed by atoms with van der Waals surface area (Å²) in [6.45, 7) is 8.44. The van der Waals surface area contributed by atoms with Gasteiger partial charge in [-0.3, -0.25) is 0 Å². The third-order valence-electron chi connectivity index (χ3n) is 3.97. The lowest BCUT2D eigenvalue weighted by molar-refractivity contribution is -0.113. The van der Waals surface area contributed by atoms with Gasteiger partial charge in [-0.2, -0.15) is 0 Å². The third-order valence-corrected chi connectivity index (χ3v) is 9.10. The van der Waals surface area contributed by atoms with E-state index in [-0.39, 0.29) is 5.04 Å². The Kier molecular flexibility index (Phi) is 4.99. The maximum Gasteiger partial charge on any atom is 0.262 e. The minimum atomic E-state index is -2.56. The number of aldehydes is 1. The number of hydrogen-bond acceptors (Lipinski definition) is 2. The highest BCUT2D eigenvalue weighted by atomic mass is 28.4. The SMILES string of the molecule is C[C@@H](C=O)O[Si](c1ccccc1)(c1ccccc1)C(C)(C)C. The monoisotopic (exact) mass is 312 g/mol. The van der Waals surface area contributed by atoms with Crippen molar-refractivity contribution in [1.29, 1.82) is 0 Å². The van der Waals surface area contributed by atoms with E-state index in [1.165, 1.54) is 10.4 Å². The molecule has 1 atom stereocenters. The van der Waals surface area contributed by atoms with Crippen molar-refractivity contribution in [1.82, 2.24) is 0 Å². The van der Waals surface area contributed by atoms with Crippen LogP contribution in [-0.4, -0.2) is 20.7 Å². The van der Waals surface area contributed by atoms with Crippen LogP contribution >= 0.6 is 0 Å². The fraction of sp³-hybridized carbons (Fsp3) is 0.316. The Hall–Kier alpha value is -1.71. The number of carbonyl (C=O) groups is 1.